The maximum Gasteiger partial charge on any atom is 0.318 e. The van der Waals surface area contributed by atoms with E-state index in [1.165, 1.54) is 0 Å². The van der Waals surface area contributed by atoms with Gasteiger partial charge in [-0.15, -0.1) is 0 Å². The first kappa shape index (κ1) is 16.7. The smallest absolute Gasteiger partial charge is 0.318 e. The molecule has 1 heterocycles. The van der Waals surface area contributed by atoms with Gasteiger partial charge >= 0.3 is 6.03 Å². The third-order valence-electron chi connectivity index (χ3n) is 2.63. The van der Waals surface area contributed by atoms with Crippen LogP contribution in [0.1, 0.15) is 32.8 Å². The summed E-state index contributed by atoms with van der Waals surface area (Å²) in [5.74, 6) is 0.0924. The zero-order valence-corrected chi connectivity index (χ0v) is 12.7. The zero-order valence-electron chi connectivity index (χ0n) is 12.7. The molecule has 0 spiro atoms. The number of pyridine rings is 1. The molecule has 0 aliphatic carbocycles. The Labute approximate surface area is 124 Å². The average Bonchev–Trinajstić information content (AvgIpc) is 2.42. The van der Waals surface area contributed by atoms with Gasteiger partial charge in [-0.25, -0.2) is 4.79 Å². The highest BCUT2D eigenvalue weighted by molar-refractivity contribution is 5.81. The number of oxime groups is 1. The third kappa shape index (κ3) is 6.60. The van der Waals surface area contributed by atoms with Crippen LogP contribution in [-0.2, 0) is 6.54 Å². The van der Waals surface area contributed by atoms with E-state index in [-0.39, 0.29) is 17.4 Å². The molecular weight excluding hydrogens is 270 g/mol. The maximum atomic E-state index is 12.3. The van der Waals surface area contributed by atoms with Gasteiger partial charge in [-0.2, -0.15) is 0 Å². The number of hydrogen-bond acceptors (Lipinski definition) is 4. The lowest BCUT2D eigenvalue weighted by atomic mass is 10.1. The van der Waals surface area contributed by atoms with Crippen molar-refractivity contribution in [1.82, 2.24) is 15.2 Å². The summed E-state index contributed by atoms with van der Waals surface area (Å²) in [6, 6.07) is 3.52. The van der Waals surface area contributed by atoms with E-state index in [2.05, 4.69) is 15.5 Å². The van der Waals surface area contributed by atoms with Crippen LogP contribution in [0.3, 0.4) is 0 Å². The van der Waals surface area contributed by atoms with Crippen LogP contribution in [0.5, 0.6) is 0 Å². The SMILES string of the molecule is CC(C)(C)NC(=O)N(CC/C(N)=N/O)Cc1cccnc1. The Kier molecular flexibility index (Phi) is 5.95. The van der Waals surface area contributed by atoms with Crippen molar-refractivity contribution in [1.29, 1.82) is 0 Å². The van der Waals surface area contributed by atoms with Crippen molar-refractivity contribution < 1.29 is 10.0 Å². The largest absolute Gasteiger partial charge is 0.409 e. The number of carbonyl (C=O) groups excluding carboxylic acids is 1. The summed E-state index contributed by atoms with van der Waals surface area (Å²) in [4.78, 5) is 18.0. The molecule has 4 N–H and O–H groups in total. The molecule has 0 aromatic carbocycles. The second kappa shape index (κ2) is 7.47. The van der Waals surface area contributed by atoms with Gasteiger partial charge in [0.05, 0.1) is 0 Å². The van der Waals surface area contributed by atoms with Crippen molar-refractivity contribution in [2.24, 2.45) is 10.9 Å². The first-order valence-electron chi connectivity index (χ1n) is 6.74. The number of amidine groups is 1. The van der Waals surface area contributed by atoms with Crippen molar-refractivity contribution in [3.63, 3.8) is 0 Å². The molecule has 1 aromatic rings. The number of urea groups is 1. The molecule has 0 fully saturated rings. The molecule has 2 amide bonds. The normalized spacial score (nSPS) is 12.0. The Morgan fingerprint density at radius 2 is 2.24 bits per heavy atom. The topological polar surface area (TPSA) is 104 Å². The highest BCUT2D eigenvalue weighted by Crippen LogP contribution is 2.07. The predicted octanol–water partition coefficient (Wildman–Crippen LogP) is 1.53. The Morgan fingerprint density at radius 1 is 1.52 bits per heavy atom. The maximum absolute atomic E-state index is 12.3. The van der Waals surface area contributed by atoms with Gasteiger partial charge in [0.15, 0.2) is 0 Å². The second-order valence-electron chi connectivity index (χ2n) is 5.80. The molecule has 0 saturated heterocycles. The molecule has 0 aliphatic heterocycles. The van der Waals surface area contributed by atoms with Crippen molar-refractivity contribution in [2.45, 2.75) is 39.3 Å². The molecular formula is C14H23N5O2. The van der Waals surface area contributed by atoms with Crippen LogP contribution in [0, 0.1) is 0 Å². The van der Waals surface area contributed by atoms with Crippen LogP contribution in [0.4, 0.5) is 4.79 Å². The highest BCUT2D eigenvalue weighted by atomic mass is 16.4. The fourth-order valence-electron chi connectivity index (χ4n) is 1.66. The zero-order chi connectivity index (χ0) is 15.9. The molecule has 0 radical (unpaired) electrons. The summed E-state index contributed by atoms with van der Waals surface area (Å²) >= 11 is 0. The molecule has 0 saturated carbocycles. The Bertz CT molecular complexity index is 482. The van der Waals surface area contributed by atoms with Crippen LogP contribution in [0.15, 0.2) is 29.7 Å². The fourth-order valence-corrected chi connectivity index (χ4v) is 1.66. The average molecular weight is 293 g/mol. The molecule has 1 rings (SSSR count). The van der Waals surface area contributed by atoms with Crippen LogP contribution >= 0.6 is 0 Å². The van der Waals surface area contributed by atoms with E-state index in [9.17, 15) is 4.79 Å². The van der Waals surface area contributed by atoms with E-state index in [4.69, 9.17) is 10.9 Å². The molecule has 21 heavy (non-hydrogen) atoms. The van der Waals surface area contributed by atoms with Crippen LogP contribution in [0.25, 0.3) is 0 Å². The number of nitrogens with one attached hydrogen (secondary N) is 1. The number of carbonyl (C=O) groups is 1. The monoisotopic (exact) mass is 293 g/mol. The lowest BCUT2D eigenvalue weighted by molar-refractivity contribution is 0.187. The molecule has 116 valence electrons. The summed E-state index contributed by atoms with van der Waals surface area (Å²) < 4.78 is 0. The first-order chi connectivity index (χ1) is 9.81. The Balaban J connectivity index is 2.76. The second-order valence-corrected chi connectivity index (χ2v) is 5.80. The summed E-state index contributed by atoms with van der Waals surface area (Å²) in [7, 11) is 0. The molecule has 7 heteroatoms. The number of amides is 2. The summed E-state index contributed by atoms with van der Waals surface area (Å²) in [5, 5.41) is 14.4. The summed E-state index contributed by atoms with van der Waals surface area (Å²) in [6.07, 6.45) is 3.69. The van der Waals surface area contributed by atoms with Crippen LogP contribution in [-0.4, -0.2) is 39.0 Å². The minimum absolute atomic E-state index is 0.0924. The van der Waals surface area contributed by atoms with Gasteiger partial charge in [-0.05, 0) is 32.4 Å². The summed E-state index contributed by atoms with van der Waals surface area (Å²) in [5.41, 5.74) is 6.06. The van der Waals surface area contributed by atoms with E-state index < -0.39 is 0 Å². The Morgan fingerprint density at radius 3 is 2.76 bits per heavy atom. The predicted molar refractivity (Wildman–Crippen MR) is 81.0 cm³/mol. The van der Waals surface area contributed by atoms with Gasteiger partial charge in [0.25, 0.3) is 0 Å². The first-order valence-corrected chi connectivity index (χ1v) is 6.74. The minimum atomic E-state index is -0.332. The highest BCUT2D eigenvalue weighted by Gasteiger charge is 2.20. The van der Waals surface area contributed by atoms with Gasteiger partial charge in [-0.3, -0.25) is 4.98 Å². The van der Waals surface area contributed by atoms with Gasteiger partial charge in [0.1, 0.15) is 5.84 Å². The molecule has 0 aliphatic rings. The quantitative estimate of drug-likeness (QED) is 0.331. The molecule has 1 aromatic heterocycles. The molecule has 0 bridgehead atoms. The molecule has 7 nitrogen and oxygen atoms in total. The Hall–Kier alpha value is -2.31. The number of aromatic nitrogens is 1. The van der Waals surface area contributed by atoms with E-state index in [1.807, 2.05) is 32.9 Å². The number of hydrogen-bond donors (Lipinski definition) is 3. The van der Waals surface area contributed by atoms with Crippen LogP contribution in [0.2, 0.25) is 0 Å². The van der Waals surface area contributed by atoms with Crippen molar-refractivity contribution in [2.75, 3.05) is 6.54 Å². The van der Waals surface area contributed by atoms with Crippen molar-refractivity contribution in [3.05, 3.63) is 30.1 Å². The number of rotatable bonds is 5. The van der Waals surface area contributed by atoms with Gasteiger partial charge in [0.2, 0.25) is 0 Å². The lowest BCUT2D eigenvalue weighted by Crippen LogP contribution is -2.48. The van der Waals surface area contributed by atoms with E-state index in [0.717, 1.165) is 5.56 Å². The van der Waals surface area contributed by atoms with Gasteiger partial charge in [0, 0.05) is 37.4 Å². The van der Waals surface area contributed by atoms with Gasteiger partial charge in [-0.1, -0.05) is 11.2 Å². The molecule has 0 atom stereocenters. The van der Waals surface area contributed by atoms with E-state index in [1.54, 1.807) is 17.3 Å². The number of nitrogens with zero attached hydrogens (tertiary/aromatic N) is 3. The van der Waals surface area contributed by atoms with Crippen molar-refractivity contribution in [3.8, 4) is 0 Å². The third-order valence-corrected chi connectivity index (χ3v) is 2.63. The summed E-state index contributed by atoms with van der Waals surface area (Å²) in [6.45, 7) is 6.51. The van der Waals surface area contributed by atoms with Crippen LogP contribution < -0.4 is 11.1 Å². The molecule has 0 unspecified atom stereocenters. The standard InChI is InChI=1S/C14H23N5O2/c1-14(2,3)17-13(20)19(8-6-12(15)18-21)10-11-5-4-7-16-9-11/h4-5,7,9,21H,6,8,10H2,1-3H3,(H2,15,18)(H,17,20). The van der Waals surface area contributed by atoms with Crippen molar-refractivity contribution >= 4 is 11.9 Å². The lowest BCUT2D eigenvalue weighted by Gasteiger charge is -2.28. The fraction of sp³-hybridized carbons (Fsp3) is 0.500. The van der Waals surface area contributed by atoms with E-state index >= 15 is 0 Å². The number of nitrogens with two attached hydrogens (primary N) is 1. The van der Waals surface area contributed by atoms with E-state index in [0.29, 0.717) is 19.5 Å². The van der Waals surface area contributed by atoms with Gasteiger partial charge < -0.3 is 21.2 Å². The minimum Gasteiger partial charge on any atom is -0.409 e.